The molecular weight excluding hydrogens is 362 g/mol. The fourth-order valence-electron chi connectivity index (χ4n) is 4.89. The van der Waals surface area contributed by atoms with Crippen molar-refractivity contribution in [1.82, 2.24) is 14.8 Å². The van der Waals surface area contributed by atoms with Gasteiger partial charge in [0.2, 0.25) is 0 Å². The summed E-state index contributed by atoms with van der Waals surface area (Å²) < 4.78 is 35.7. The third kappa shape index (κ3) is 3.00. The van der Waals surface area contributed by atoms with E-state index in [-0.39, 0.29) is 24.7 Å². The van der Waals surface area contributed by atoms with E-state index >= 15 is 0 Å². The molecule has 4 rings (SSSR count). The van der Waals surface area contributed by atoms with Crippen LogP contribution in [0.4, 0.5) is 8.78 Å². The van der Waals surface area contributed by atoms with Crippen molar-refractivity contribution in [2.24, 2.45) is 7.05 Å². The molecule has 0 N–H and O–H groups in total. The molecule has 0 bridgehead atoms. The molecule has 0 radical (unpaired) electrons. The van der Waals surface area contributed by atoms with Crippen molar-refractivity contribution >= 4 is 0 Å². The lowest BCUT2D eigenvalue weighted by Crippen LogP contribution is -2.34. The lowest BCUT2D eigenvalue weighted by molar-refractivity contribution is -0.0127. The van der Waals surface area contributed by atoms with Gasteiger partial charge < -0.3 is 4.74 Å². The smallest absolute Gasteiger partial charge is 0.252 e. The zero-order valence-corrected chi connectivity index (χ0v) is 16.3. The van der Waals surface area contributed by atoms with Crippen molar-refractivity contribution in [3.8, 4) is 17.3 Å². The molecule has 0 aliphatic heterocycles. The van der Waals surface area contributed by atoms with Crippen LogP contribution in [0, 0.1) is 11.3 Å². The van der Waals surface area contributed by atoms with Crippen molar-refractivity contribution in [2.75, 3.05) is 13.7 Å². The van der Waals surface area contributed by atoms with Crippen LogP contribution in [0.25, 0.3) is 11.3 Å². The predicted octanol–water partition coefficient (Wildman–Crippen LogP) is 3.94. The Morgan fingerprint density at radius 2 is 2.04 bits per heavy atom. The zero-order valence-electron chi connectivity index (χ0n) is 16.3. The van der Waals surface area contributed by atoms with E-state index in [1.54, 1.807) is 31.1 Å². The Labute approximate surface area is 163 Å². The third-order valence-electron chi connectivity index (χ3n) is 6.22. The van der Waals surface area contributed by atoms with Crippen LogP contribution >= 0.6 is 0 Å². The first kappa shape index (κ1) is 19.0. The standard InChI is InChI=1S/C21H24F2N4O/c1-27-17(6-10-25-27)18-14-11-21(22,23)9-5-16(14)26-19(15(18)12-24)20(13-28-2)7-3-4-8-20/h6,10H,3-5,7-9,11,13H2,1-2H3. The van der Waals surface area contributed by atoms with E-state index in [0.717, 1.165) is 31.4 Å². The average Bonchev–Trinajstić information content (AvgIpc) is 3.29. The number of methoxy groups -OCH3 is 1. The number of nitrogens with zero attached hydrogens (tertiary/aromatic N) is 4. The van der Waals surface area contributed by atoms with E-state index in [2.05, 4.69) is 11.2 Å². The molecular formula is C21H24F2N4O. The van der Waals surface area contributed by atoms with E-state index < -0.39 is 5.92 Å². The molecule has 0 unspecified atom stereocenters. The number of halogens is 2. The highest BCUT2D eigenvalue weighted by Crippen LogP contribution is 2.46. The van der Waals surface area contributed by atoms with Gasteiger partial charge in [0.1, 0.15) is 6.07 Å². The molecule has 0 aromatic carbocycles. The lowest BCUT2D eigenvalue weighted by Gasteiger charge is -2.33. The summed E-state index contributed by atoms with van der Waals surface area (Å²) in [6.07, 6.45) is 5.13. The van der Waals surface area contributed by atoms with Crippen LogP contribution in [0.3, 0.4) is 0 Å². The lowest BCUT2D eigenvalue weighted by atomic mass is 9.77. The van der Waals surface area contributed by atoms with Gasteiger partial charge in [0.25, 0.3) is 5.92 Å². The Morgan fingerprint density at radius 1 is 1.29 bits per heavy atom. The molecule has 0 saturated heterocycles. The van der Waals surface area contributed by atoms with Crippen molar-refractivity contribution in [1.29, 1.82) is 5.26 Å². The number of ether oxygens (including phenoxy) is 1. The van der Waals surface area contributed by atoms with E-state index in [1.807, 2.05) is 0 Å². The Bertz CT molecular complexity index is 939. The Morgan fingerprint density at radius 3 is 2.64 bits per heavy atom. The summed E-state index contributed by atoms with van der Waals surface area (Å²) in [5.74, 6) is -2.78. The number of nitriles is 1. The molecule has 5 nitrogen and oxygen atoms in total. The van der Waals surface area contributed by atoms with Crippen LogP contribution in [0.15, 0.2) is 12.3 Å². The number of aryl methyl sites for hydroxylation is 2. The van der Waals surface area contributed by atoms with Gasteiger partial charge in [-0.3, -0.25) is 9.67 Å². The van der Waals surface area contributed by atoms with Crippen LogP contribution in [-0.2, 0) is 30.0 Å². The fraction of sp³-hybridized carbons (Fsp3) is 0.571. The van der Waals surface area contributed by atoms with Gasteiger partial charge in [0, 0.05) is 49.9 Å². The minimum absolute atomic E-state index is 0.208. The first-order valence-corrected chi connectivity index (χ1v) is 9.72. The molecule has 2 aliphatic carbocycles. The number of fused-ring (bicyclic) bond motifs is 1. The van der Waals surface area contributed by atoms with E-state index in [0.29, 0.717) is 34.7 Å². The third-order valence-corrected chi connectivity index (χ3v) is 6.22. The molecule has 0 atom stereocenters. The molecule has 2 aromatic rings. The first-order chi connectivity index (χ1) is 13.4. The summed E-state index contributed by atoms with van der Waals surface area (Å²) in [5.41, 5.74) is 3.23. The van der Waals surface area contributed by atoms with E-state index in [4.69, 9.17) is 9.72 Å². The first-order valence-electron chi connectivity index (χ1n) is 9.72. The van der Waals surface area contributed by atoms with E-state index in [9.17, 15) is 14.0 Å². The molecule has 2 aromatic heterocycles. The van der Waals surface area contributed by atoms with Gasteiger partial charge in [-0.2, -0.15) is 10.4 Å². The quantitative estimate of drug-likeness (QED) is 0.799. The van der Waals surface area contributed by atoms with Crippen LogP contribution in [0.5, 0.6) is 0 Å². The number of pyridine rings is 1. The zero-order chi connectivity index (χ0) is 19.9. The summed E-state index contributed by atoms with van der Waals surface area (Å²) >= 11 is 0. The topological polar surface area (TPSA) is 63.7 Å². The molecule has 1 saturated carbocycles. The van der Waals surface area contributed by atoms with Crippen molar-refractivity contribution in [3.05, 3.63) is 34.8 Å². The second-order valence-corrected chi connectivity index (χ2v) is 8.04. The molecule has 28 heavy (non-hydrogen) atoms. The summed E-state index contributed by atoms with van der Waals surface area (Å²) in [6.45, 7) is 0.481. The van der Waals surface area contributed by atoms with Crippen LogP contribution in [0.2, 0.25) is 0 Å². The van der Waals surface area contributed by atoms with Crippen molar-refractivity contribution in [2.45, 2.75) is 56.3 Å². The van der Waals surface area contributed by atoms with Gasteiger partial charge >= 0.3 is 0 Å². The minimum Gasteiger partial charge on any atom is -0.384 e. The van der Waals surface area contributed by atoms with E-state index in [1.165, 1.54) is 0 Å². The number of rotatable bonds is 4. The fourth-order valence-corrected chi connectivity index (χ4v) is 4.89. The number of alkyl halides is 2. The second kappa shape index (κ2) is 6.93. The monoisotopic (exact) mass is 386 g/mol. The Kier molecular flexibility index (Phi) is 4.70. The minimum atomic E-state index is -2.78. The maximum atomic E-state index is 14.3. The van der Waals surface area contributed by atoms with Gasteiger partial charge in [-0.05, 0) is 30.9 Å². The summed E-state index contributed by atoms with van der Waals surface area (Å²) in [5, 5.41) is 14.3. The van der Waals surface area contributed by atoms with Gasteiger partial charge in [0.15, 0.2) is 0 Å². The molecule has 7 heteroatoms. The molecule has 0 spiro atoms. The largest absolute Gasteiger partial charge is 0.384 e. The van der Waals surface area contributed by atoms with Gasteiger partial charge in [-0.25, -0.2) is 8.78 Å². The maximum Gasteiger partial charge on any atom is 0.252 e. The Balaban J connectivity index is 2.03. The number of aromatic nitrogens is 3. The van der Waals surface area contributed by atoms with Gasteiger partial charge in [-0.1, -0.05) is 12.8 Å². The molecule has 1 fully saturated rings. The van der Waals surface area contributed by atoms with Gasteiger partial charge in [-0.15, -0.1) is 0 Å². The molecule has 148 valence electrons. The van der Waals surface area contributed by atoms with Crippen molar-refractivity contribution in [3.63, 3.8) is 0 Å². The summed E-state index contributed by atoms with van der Waals surface area (Å²) in [7, 11) is 3.43. The highest BCUT2D eigenvalue weighted by Gasteiger charge is 2.43. The van der Waals surface area contributed by atoms with Crippen LogP contribution in [0.1, 0.15) is 54.6 Å². The molecule has 2 heterocycles. The SMILES string of the molecule is COCC1(c2nc3c(c(-c4ccnn4C)c2C#N)CC(F)(F)CC3)CCCC1. The second-order valence-electron chi connectivity index (χ2n) is 8.04. The van der Waals surface area contributed by atoms with Gasteiger partial charge in [0.05, 0.1) is 23.6 Å². The normalized spacial score (nSPS) is 20.0. The average molecular weight is 386 g/mol. The predicted molar refractivity (Wildman–Crippen MR) is 100 cm³/mol. The Hall–Kier alpha value is -2.33. The summed E-state index contributed by atoms with van der Waals surface area (Å²) in [6, 6.07) is 4.10. The van der Waals surface area contributed by atoms with Crippen LogP contribution in [-0.4, -0.2) is 34.4 Å². The highest BCUT2D eigenvalue weighted by atomic mass is 19.3. The molecule has 2 aliphatic rings. The van der Waals surface area contributed by atoms with Crippen molar-refractivity contribution < 1.29 is 13.5 Å². The summed E-state index contributed by atoms with van der Waals surface area (Å²) in [4.78, 5) is 4.86. The number of hydrogen-bond acceptors (Lipinski definition) is 4. The highest BCUT2D eigenvalue weighted by molar-refractivity contribution is 5.74. The van der Waals surface area contributed by atoms with Crippen LogP contribution < -0.4 is 0 Å². The number of hydrogen-bond donors (Lipinski definition) is 0. The molecule has 0 amide bonds. The maximum absolute atomic E-state index is 14.3.